The van der Waals surface area contributed by atoms with E-state index in [1.54, 1.807) is 7.05 Å². The number of para-hydroxylation sites is 1. The molecule has 25 heavy (non-hydrogen) atoms. The van der Waals surface area contributed by atoms with Crippen LogP contribution in [0, 0.1) is 0 Å². The number of amides is 2. The first-order valence-electron chi connectivity index (χ1n) is 8.01. The van der Waals surface area contributed by atoms with E-state index in [1.807, 2.05) is 78.9 Å². The topological polar surface area (TPSA) is 65.2 Å². The zero-order valence-electron chi connectivity index (χ0n) is 13.9. The van der Waals surface area contributed by atoms with Crippen LogP contribution in [0.5, 0.6) is 0 Å². The molecule has 0 unspecified atom stereocenters. The molecule has 5 heteroatoms. The van der Waals surface area contributed by atoms with Crippen LogP contribution in [-0.4, -0.2) is 13.1 Å². The van der Waals surface area contributed by atoms with Crippen molar-refractivity contribution in [3.8, 4) is 0 Å². The summed E-state index contributed by atoms with van der Waals surface area (Å²) in [4.78, 5) is 11.3. The number of urea groups is 1. The highest BCUT2D eigenvalue weighted by Gasteiger charge is 2.00. The Bertz CT molecular complexity index is 815. The van der Waals surface area contributed by atoms with Crippen LogP contribution < -0.4 is 21.3 Å². The zero-order valence-corrected chi connectivity index (χ0v) is 13.9. The van der Waals surface area contributed by atoms with E-state index >= 15 is 0 Å². The van der Waals surface area contributed by atoms with Gasteiger partial charge in [-0.15, -0.1) is 0 Å². The zero-order chi connectivity index (χ0) is 17.5. The second-order valence-electron chi connectivity index (χ2n) is 5.47. The van der Waals surface area contributed by atoms with Crippen molar-refractivity contribution in [2.45, 2.75) is 0 Å². The van der Waals surface area contributed by atoms with Crippen LogP contribution in [0.2, 0.25) is 0 Å². The minimum absolute atomic E-state index is 0.234. The molecular weight excluding hydrogens is 312 g/mol. The van der Waals surface area contributed by atoms with Crippen LogP contribution in [0.15, 0.2) is 78.9 Å². The largest absolute Gasteiger partial charge is 0.356 e. The third-order valence-corrected chi connectivity index (χ3v) is 3.61. The first-order chi connectivity index (χ1) is 12.2. The van der Waals surface area contributed by atoms with Gasteiger partial charge >= 0.3 is 6.03 Å². The van der Waals surface area contributed by atoms with Crippen molar-refractivity contribution in [2.24, 2.45) is 0 Å². The molecule has 0 saturated heterocycles. The SMILES string of the molecule is CNC(=O)Nc1ccc(Nc2ccc(Nc3ccccc3)cc2)cc1. The standard InChI is InChI=1S/C20H20N4O/c1-21-20(25)24-19-13-11-18(12-14-19)23-17-9-7-16(8-10-17)22-15-5-3-2-4-6-15/h2-14,22-23H,1H3,(H2,21,24,25). The van der Waals surface area contributed by atoms with Crippen molar-refractivity contribution in [2.75, 3.05) is 23.0 Å². The minimum Gasteiger partial charge on any atom is -0.356 e. The lowest BCUT2D eigenvalue weighted by Crippen LogP contribution is -2.24. The van der Waals surface area contributed by atoms with Gasteiger partial charge in [-0.2, -0.15) is 0 Å². The Morgan fingerprint density at radius 3 is 1.44 bits per heavy atom. The molecule has 2 amide bonds. The Hall–Kier alpha value is -3.47. The van der Waals surface area contributed by atoms with E-state index < -0.39 is 0 Å². The van der Waals surface area contributed by atoms with Crippen molar-refractivity contribution in [3.63, 3.8) is 0 Å². The lowest BCUT2D eigenvalue weighted by Gasteiger charge is -2.10. The second kappa shape index (κ2) is 7.88. The van der Waals surface area contributed by atoms with Crippen LogP contribution in [0.3, 0.4) is 0 Å². The number of benzene rings is 3. The summed E-state index contributed by atoms with van der Waals surface area (Å²) in [6.45, 7) is 0. The molecule has 4 N–H and O–H groups in total. The minimum atomic E-state index is -0.234. The van der Waals surface area contributed by atoms with Crippen LogP contribution in [0.25, 0.3) is 0 Å². The van der Waals surface area contributed by atoms with Gasteiger partial charge in [-0.1, -0.05) is 18.2 Å². The van der Waals surface area contributed by atoms with Crippen LogP contribution >= 0.6 is 0 Å². The summed E-state index contributed by atoms with van der Waals surface area (Å²) >= 11 is 0. The number of carbonyl (C=O) groups is 1. The molecule has 0 aliphatic rings. The third kappa shape index (κ3) is 4.75. The number of hydrogen-bond donors (Lipinski definition) is 4. The molecule has 0 heterocycles. The Kier molecular flexibility index (Phi) is 5.16. The molecule has 5 nitrogen and oxygen atoms in total. The van der Waals surface area contributed by atoms with Gasteiger partial charge in [-0.05, 0) is 60.7 Å². The third-order valence-electron chi connectivity index (χ3n) is 3.61. The first kappa shape index (κ1) is 16.4. The molecule has 3 aromatic rings. The van der Waals surface area contributed by atoms with E-state index in [2.05, 4.69) is 21.3 Å². The Morgan fingerprint density at radius 2 is 1.00 bits per heavy atom. The lowest BCUT2D eigenvalue weighted by atomic mass is 10.2. The predicted octanol–water partition coefficient (Wildman–Crippen LogP) is 4.93. The van der Waals surface area contributed by atoms with E-state index in [0.29, 0.717) is 0 Å². The van der Waals surface area contributed by atoms with Crippen molar-refractivity contribution < 1.29 is 4.79 Å². The van der Waals surface area contributed by atoms with E-state index in [1.165, 1.54) is 0 Å². The van der Waals surface area contributed by atoms with Crippen molar-refractivity contribution >= 4 is 34.5 Å². The predicted molar refractivity (Wildman–Crippen MR) is 104 cm³/mol. The summed E-state index contributed by atoms with van der Waals surface area (Å²) in [5.74, 6) is 0. The highest BCUT2D eigenvalue weighted by molar-refractivity contribution is 5.89. The fourth-order valence-electron chi connectivity index (χ4n) is 2.32. The number of carbonyl (C=O) groups excluding carboxylic acids is 1. The normalized spacial score (nSPS) is 9.96. The van der Waals surface area contributed by atoms with Gasteiger partial charge < -0.3 is 21.3 Å². The van der Waals surface area contributed by atoms with E-state index in [-0.39, 0.29) is 6.03 Å². The molecule has 0 aliphatic heterocycles. The maximum atomic E-state index is 11.3. The maximum absolute atomic E-state index is 11.3. The number of nitrogens with one attached hydrogen (secondary N) is 4. The van der Waals surface area contributed by atoms with Crippen molar-refractivity contribution in [1.82, 2.24) is 5.32 Å². The second-order valence-corrected chi connectivity index (χ2v) is 5.47. The molecule has 0 aromatic heterocycles. The van der Waals surface area contributed by atoms with Crippen molar-refractivity contribution in [1.29, 1.82) is 0 Å². The van der Waals surface area contributed by atoms with E-state index in [0.717, 1.165) is 28.4 Å². The summed E-state index contributed by atoms with van der Waals surface area (Å²) in [5, 5.41) is 11.9. The summed E-state index contributed by atoms with van der Waals surface area (Å²) in [7, 11) is 1.58. The average molecular weight is 332 g/mol. The smallest absolute Gasteiger partial charge is 0.318 e. The summed E-state index contributed by atoms with van der Waals surface area (Å²) in [5.41, 5.74) is 4.77. The average Bonchev–Trinajstić information content (AvgIpc) is 2.66. The Morgan fingerprint density at radius 1 is 0.600 bits per heavy atom. The number of rotatable bonds is 5. The molecule has 0 saturated carbocycles. The fraction of sp³-hybridized carbons (Fsp3) is 0.0500. The highest BCUT2D eigenvalue weighted by Crippen LogP contribution is 2.22. The molecule has 3 aromatic carbocycles. The van der Waals surface area contributed by atoms with Crippen LogP contribution in [-0.2, 0) is 0 Å². The van der Waals surface area contributed by atoms with Crippen LogP contribution in [0.1, 0.15) is 0 Å². The molecule has 3 rings (SSSR count). The van der Waals surface area contributed by atoms with Gasteiger partial charge in [0.2, 0.25) is 0 Å². The van der Waals surface area contributed by atoms with Gasteiger partial charge in [-0.25, -0.2) is 4.79 Å². The quantitative estimate of drug-likeness (QED) is 0.536. The van der Waals surface area contributed by atoms with Gasteiger partial charge in [0.05, 0.1) is 0 Å². The monoisotopic (exact) mass is 332 g/mol. The van der Waals surface area contributed by atoms with E-state index in [4.69, 9.17) is 0 Å². The van der Waals surface area contributed by atoms with Crippen molar-refractivity contribution in [3.05, 3.63) is 78.9 Å². The Labute approximate surface area is 147 Å². The van der Waals surface area contributed by atoms with Gasteiger partial charge in [0.1, 0.15) is 0 Å². The molecule has 126 valence electrons. The van der Waals surface area contributed by atoms with Gasteiger partial charge in [0.15, 0.2) is 0 Å². The molecule has 0 fully saturated rings. The maximum Gasteiger partial charge on any atom is 0.318 e. The summed E-state index contributed by atoms with van der Waals surface area (Å²) in [6, 6.07) is 25.4. The highest BCUT2D eigenvalue weighted by atomic mass is 16.2. The lowest BCUT2D eigenvalue weighted by molar-refractivity contribution is 0.254. The first-order valence-corrected chi connectivity index (χ1v) is 8.01. The molecule has 0 radical (unpaired) electrons. The van der Waals surface area contributed by atoms with Gasteiger partial charge in [0, 0.05) is 35.5 Å². The molecule has 0 atom stereocenters. The fourth-order valence-corrected chi connectivity index (χ4v) is 2.32. The Balaban J connectivity index is 1.60. The van der Waals surface area contributed by atoms with Gasteiger partial charge in [0.25, 0.3) is 0 Å². The van der Waals surface area contributed by atoms with E-state index in [9.17, 15) is 4.79 Å². The molecule has 0 aliphatic carbocycles. The molecule has 0 bridgehead atoms. The number of anilines is 5. The van der Waals surface area contributed by atoms with Gasteiger partial charge in [-0.3, -0.25) is 0 Å². The summed E-state index contributed by atoms with van der Waals surface area (Å²) in [6.07, 6.45) is 0. The van der Waals surface area contributed by atoms with Crippen LogP contribution in [0.4, 0.5) is 33.2 Å². The molecule has 0 spiro atoms. The number of hydrogen-bond acceptors (Lipinski definition) is 3. The summed E-state index contributed by atoms with van der Waals surface area (Å²) < 4.78 is 0. The molecular formula is C20H20N4O.